The van der Waals surface area contributed by atoms with Gasteiger partial charge in [-0.2, -0.15) is 0 Å². The van der Waals surface area contributed by atoms with Gasteiger partial charge < -0.3 is 10.6 Å². The Hall–Kier alpha value is -1.56. The summed E-state index contributed by atoms with van der Waals surface area (Å²) in [6, 6.07) is 1.01. The van der Waals surface area contributed by atoms with Crippen LogP contribution in [0.4, 0.5) is 18.9 Å². The summed E-state index contributed by atoms with van der Waals surface area (Å²) >= 11 is 0. The number of likely N-dealkylation sites (N-methyl/N-ethyl adjacent to an activating group) is 1. The zero-order chi connectivity index (χ0) is 12.1. The van der Waals surface area contributed by atoms with Gasteiger partial charge in [0.15, 0.2) is 11.6 Å². The van der Waals surface area contributed by atoms with E-state index in [0.29, 0.717) is 18.7 Å². The van der Waals surface area contributed by atoms with Crippen LogP contribution < -0.4 is 10.6 Å². The van der Waals surface area contributed by atoms with Gasteiger partial charge in [-0.05, 0) is 6.54 Å². The molecule has 88 valence electrons. The second-order valence-electron chi connectivity index (χ2n) is 3.07. The average Bonchev–Trinajstić information content (AvgIpc) is 2.20. The van der Waals surface area contributed by atoms with Gasteiger partial charge in [-0.3, -0.25) is 4.79 Å². The van der Waals surface area contributed by atoms with E-state index in [4.69, 9.17) is 0 Å². The van der Waals surface area contributed by atoms with Gasteiger partial charge in [0.2, 0.25) is 5.91 Å². The van der Waals surface area contributed by atoms with Crippen LogP contribution in [0.25, 0.3) is 0 Å². The minimum absolute atomic E-state index is 0.0627. The van der Waals surface area contributed by atoms with Crippen molar-refractivity contribution >= 4 is 11.6 Å². The highest BCUT2D eigenvalue weighted by Crippen LogP contribution is 2.19. The number of amides is 1. The van der Waals surface area contributed by atoms with Crippen molar-refractivity contribution in [3.8, 4) is 0 Å². The normalized spacial score (nSPS) is 10.2. The lowest BCUT2D eigenvalue weighted by Crippen LogP contribution is -2.28. The summed E-state index contributed by atoms with van der Waals surface area (Å²) in [7, 11) is 0. The fraction of sp³-hybridized carbons (Fsp3) is 0.300. The van der Waals surface area contributed by atoms with Crippen LogP contribution in [0.1, 0.15) is 6.92 Å². The molecule has 0 bridgehead atoms. The molecular weight excluding hydrogens is 221 g/mol. The summed E-state index contributed by atoms with van der Waals surface area (Å²) in [6.07, 6.45) is 0. The van der Waals surface area contributed by atoms with Crippen molar-refractivity contribution in [1.29, 1.82) is 0 Å². The molecule has 0 radical (unpaired) electrons. The first kappa shape index (κ1) is 12.5. The van der Waals surface area contributed by atoms with Gasteiger partial charge >= 0.3 is 0 Å². The average molecular weight is 232 g/mol. The topological polar surface area (TPSA) is 41.1 Å². The van der Waals surface area contributed by atoms with E-state index in [1.807, 2.05) is 5.32 Å². The zero-order valence-electron chi connectivity index (χ0n) is 8.61. The molecule has 1 rings (SSSR count). The molecular formula is C10H11F3N2O. The number of rotatable bonds is 4. The van der Waals surface area contributed by atoms with Crippen molar-refractivity contribution < 1.29 is 18.0 Å². The molecule has 0 saturated carbocycles. The van der Waals surface area contributed by atoms with Gasteiger partial charge in [-0.25, -0.2) is 13.2 Å². The molecule has 16 heavy (non-hydrogen) atoms. The van der Waals surface area contributed by atoms with E-state index < -0.39 is 29.0 Å². The first-order chi connectivity index (χ1) is 7.54. The van der Waals surface area contributed by atoms with E-state index in [9.17, 15) is 18.0 Å². The first-order valence-electron chi connectivity index (χ1n) is 4.69. The lowest BCUT2D eigenvalue weighted by molar-refractivity contribution is -0.115. The Balaban J connectivity index is 2.77. The highest BCUT2D eigenvalue weighted by atomic mass is 19.1. The molecule has 0 aliphatic carbocycles. The summed E-state index contributed by atoms with van der Waals surface area (Å²) < 4.78 is 38.7. The largest absolute Gasteiger partial charge is 0.320 e. The molecule has 1 aromatic carbocycles. The molecule has 1 aromatic rings. The van der Waals surface area contributed by atoms with Crippen molar-refractivity contribution in [2.45, 2.75) is 6.92 Å². The summed E-state index contributed by atoms with van der Waals surface area (Å²) in [6.45, 7) is 2.28. The Bertz CT molecular complexity index is 373. The van der Waals surface area contributed by atoms with Crippen LogP contribution in [0, 0.1) is 17.5 Å². The molecule has 0 fully saturated rings. The summed E-state index contributed by atoms with van der Waals surface area (Å²) in [5.74, 6) is -3.89. The van der Waals surface area contributed by atoms with Crippen LogP contribution in [0.2, 0.25) is 0 Å². The van der Waals surface area contributed by atoms with Gasteiger partial charge in [-0.1, -0.05) is 6.92 Å². The summed E-state index contributed by atoms with van der Waals surface area (Å²) in [5.41, 5.74) is -0.635. The monoisotopic (exact) mass is 232 g/mol. The molecule has 2 N–H and O–H groups in total. The quantitative estimate of drug-likeness (QED) is 0.828. The predicted octanol–water partition coefficient (Wildman–Crippen LogP) is 1.65. The zero-order valence-corrected chi connectivity index (χ0v) is 8.61. The fourth-order valence-corrected chi connectivity index (χ4v) is 1.08. The molecule has 3 nitrogen and oxygen atoms in total. The Morgan fingerprint density at radius 3 is 2.31 bits per heavy atom. The van der Waals surface area contributed by atoms with Crippen LogP contribution >= 0.6 is 0 Å². The molecule has 0 aliphatic heterocycles. The van der Waals surface area contributed by atoms with Gasteiger partial charge in [0.25, 0.3) is 0 Å². The lowest BCUT2D eigenvalue weighted by Gasteiger charge is -2.07. The molecule has 0 aliphatic rings. The van der Waals surface area contributed by atoms with E-state index in [1.54, 1.807) is 6.92 Å². The molecule has 0 aromatic heterocycles. The third kappa shape index (κ3) is 3.23. The highest BCUT2D eigenvalue weighted by Gasteiger charge is 2.13. The third-order valence-electron chi connectivity index (χ3n) is 1.81. The number of benzene rings is 1. The van der Waals surface area contributed by atoms with Crippen molar-refractivity contribution in [1.82, 2.24) is 5.32 Å². The van der Waals surface area contributed by atoms with Crippen molar-refractivity contribution in [2.75, 3.05) is 18.4 Å². The maximum Gasteiger partial charge on any atom is 0.238 e. The van der Waals surface area contributed by atoms with E-state index in [1.165, 1.54) is 0 Å². The SMILES string of the molecule is CCNCC(=O)Nc1c(F)cc(F)cc1F. The summed E-state index contributed by atoms with van der Waals surface area (Å²) in [5, 5.41) is 4.71. The maximum absolute atomic E-state index is 13.1. The highest BCUT2D eigenvalue weighted by molar-refractivity contribution is 5.92. The molecule has 0 saturated heterocycles. The predicted molar refractivity (Wildman–Crippen MR) is 53.5 cm³/mol. The van der Waals surface area contributed by atoms with E-state index in [-0.39, 0.29) is 6.54 Å². The Labute approximate surface area is 90.6 Å². The minimum Gasteiger partial charge on any atom is -0.320 e. The number of nitrogens with one attached hydrogen (secondary N) is 2. The van der Waals surface area contributed by atoms with Gasteiger partial charge in [-0.15, -0.1) is 0 Å². The van der Waals surface area contributed by atoms with E-state index in [0.717, 1.165) is 0 Å². The molecule has 1 amide bonds. The fourth-order valence-electron chi connectivity index (χ4n) is 1.08. The third-order valence-corrected chi connectivity index (χ3v) is 1.81. The maximum atomic E-state index is 13.1. The lowest BCUT2D eigenvalue weighted by atomic mass is 10.2. The van der Waals surface area contributed by atoms with Crippen LogP contribution in [0.15, 0.2) is 12.1 Å². The minimum atomic E-state index is -1.14. The van der Waals surface area contributed by atoms with Gasteiger partial charge in [0.05, 0.1) is 6.54 Å². The second kappa shape index (κ2) is 5.50. The second-order valence-corrected chi connectivity index (χ2v) is 3.07. The molecule has 0 spiro atoms. The number of halogens is 3. The van der Waals surface area contributed by atoms with Crippen molar-refractivity contribution in [3.63, 3.8) is 0 Å². The molecule has 6 heteroatoms. The molecule has 0 unspecified atom stereocenters. The van der Waals surface area contributed by atoms with Crippen molar-refractivity contribution in [2.24, 2.45) is 0 Å². The smallest absolute Gasteiger partial charge is 0.238 e. The standard InChI is InChI=1S/C10H11F3N2O/c1-2-14-5-9(16)15-10-7(12)3-6(11)4-8(10)13/h3-4,14H,2,5H2,1H3,(H,15,16). The van der Waals surface area contributed by atoms with E-state index in [2.05, 4.69) is 5.32 Å². The Morgan fingerprint density at radius 1 is 1.25 bits per heavy atom. The molecule has 0 heterocycles. The Kier molecular flexibility index (Phi) is 4.30. The van der Waals surface area contributed by atoms with Crippen LogP contribution in [0.5, 0.6) is 0 Å². The molecule has 0 atom stereocenters. The van der Waals surface area contributed by atoms with Gasteiger partial charge in [0.1, 0.15) is 11.5 Å². The number of hydrogen-bond donors (Lipinski definition) is 2. The number of hydrogen-bond acceptors (Lipinski definition) is 2. The summed E-state index contributed by atoms with van der Waals surface area (Å²) in [4.78, 5) is 11.2. The number of anilines is 1. The van der Waals surface area contributed by atoms with Gasteiger partial charge in [0, 0.05) is 12.1 Å². The Morgan fingerprint density at radius 2 is 1.81 bits per heavy atom. The van der Waals surface area contributed by atoms with Crippen LogP contribution in [0.3, 0.4) is 0 Å². The van der Waals surface area contributed by atoms with Crippen LogP contribution in [-0.4, -0.2) is 19.0 Å². The number of carbonyl (C=O) groups is 1. The number of carbonyl (C=O) groups excluding carboxylic acids is 1. The first-order valence-corrected chi connectivity index (χ1v) is 4.69. The van der Waals surface area contributed by atoms with E-state index >= 15 is 0 Å². The van der Waals surface area contributed by atoms with Crippen molar-refractivity contribution in [3.05, 3.63) is 29.6 Å². The van der Waals surface area contributed by atoms with Crippen LogP contribution in [-0.2, 0) is 4.79 Å².